The maximum absolute atomic E-state index is 12.8. The van der Waals surface area contributed by atoms with Crippen LogP contribution >= 0.6 is 0 Å². The minimum Gasteiger partial charge on any atom is -0.348 e. The lowest BCUT2D eigenvalue weighted by Crippen LogP contribution is -2.34. The molecule has 6 heteroatoms. The average molecular weight is 274 g/mol. The predicted molar refractivity (Wildman–Crippen MR) is 66.6 cm³/mol. The van der Waals surface area contributed by atoms with Crippen molar-refractivity contribution in [3.05, 3.63) is 35.4 Å². The van der Waals surface area contributed by atoms with Crippen LogP contribution in [0.2, 0.25) is 0 Å². The Hall–Kier alpha value is -1.56. The molecule has 0 aliphatic heterocycles. The highest BCUT2D eigenvalue weighted by Gasteiger charge is 2.34. The second kappa shape index (κ2) is 6.06. The third kappa shape index (κ3) is 4.24. The number of carbonyl (C=O) groups is 1. The normalized spacial score (nSPS) is 13.2. The molecule has 1 aromatic rings. The summed E-state index contributed by atoms with van der Waals surface area (Å²) in [6.45, 7) is 1.61. The van der Waals surface area contributed by atoms with Crippen molar-refractivity contribution in [2.24, 2.45) is 0 Å². The van der Waals surface area contributed by atoms with Crippen LogP contribution in [-0.2, 0) is 11.0 Å². The van der Waals surface area contributed by atoms with Gasteiger partial charge in [-0.2, -0.15) is 13.2 Å². The van der Waals surface area contributed by atoms with Gasteiger partial charge in [0, 0.05) is 20.1 Å². The van der Waals surface area contributed by atoms with Gasteiger partial charge < -0.3 is 10.2 Å². The third-order valence-electron chi connectivity index (χ3n) is 2.79. The molecule has 3 nitrogen and oxygen atoms in total. The van der Waals surface area contributed by atoms with Gasteiger partial charge in [-0.05, 0) is 18.6 Å². The fourth-order valence-electron chi connectivity index (χ4n) is 1.64. The second-order valence-electron chi connectivity index (χ2n) is 4.48. The van der Waals surface area contributed by atoms with Crippen LogP contribution < -0.4 is 5.32 Å². The zero-order valence-corrected chi connectivity index (χ0v) is 11.1. The minimum atomic E-state index is -4.39. The van der Waals surface area contributed by atoms with E-state index in [1.54, 1.807) is 27.1 Å². The molecule has 0 bridgehead atoms. The zero-order chi connectivity index (χ0) is 14.6. The summed E-state index contributed by atoms with van der Waals surface area (Å²) in [5.41, 5.74) is -0.533. The van der Waals surface area contributed by atoms with Gasteiger partial charge >= 0.3 is 6.18 Å². The Kier molecular flexibility index (Phi) is 4.94. The summed E-state index contributed by atoms with van der Waals surface area (Å²) in [4.78, 5) is 12.8. The summed E-state index contributed by atoms with van der Waals surface area (Å²) in [5, 5.41) is 2.80. The average Bonchev–Trinajstić information content (AvgIpc) is 2.34. The molecule has 0 aliphatic rings. The highest BCUT2D eigenvalue weighted by atomic mass is 19.4. The SMILES string of the molecule is CC(NCC(=O)N(C)C)c1ccccc1C(F)(F)F. The van der Waals surface area contributed by atoms with Crippen molar-refractivity contribution in [1.29, 1.82) is 0 Å². The molecule has 1 N–H and O–H groups in total. The number of hydrogen-bond acceptors (Lipinski definition) is 2. The topological polar surface area (TPSA) is 32.3 Å². The number of likely N-dealkylation sites (N-methyl/N-ethyl adjacent to an activating group) is 1. The molecule has 106 valence electrons. The van der Waals surface area contributed by atoms with Crippen molar-refractivity contribution in [2.75, 3.05) is 20.6 Å². The highest BCUT2D eigenvalue weighted by molar-refractivity contribution is 5.77. The quantitative estimate of drug-likeness (QED) is 0.914. The van der Waals surface area contributed by atoms with Crippen LogP contribution in [0.25, 0.3) is 0 Å². The molecule has 0 aliphatic carbocycles. The molecule has 1 rings (SSSR count). The Balaban J connectivity index is 2.83. The van der Waals surface area contributed by atoms with E-state index in [-0.39, 0.29) is 18.0 Å². The Morgan fingerprint density at radius 2 is 1.89 bits per heavy atom. The van der Waals surface area contributed by atoms with Crippen LogP contribution in [-0.4, -0.2) is 31.4 Å². The van der Waals surface area contributed by atoms with E-state index >= 15 is 0 Å². The van der Waals surface area contributed by atoms with Crippen molar-refractivity contribution < 1.29 is 18.0 Å². The number of amides is 1. The molecule has 0 fully saturated rings. The first-order valence-electron chi connectivity index (χ1n) is 5.83. The van der Waals surface area contributed by atoms with E-state index in [1.165, 1.54) is 17.0 Å². The van der Waals surface area contributed by atoms with Crippen molar-refractivity contribution in [3.63, 3.8) is 0 Å². The monoisotopic (exact) mass is 274 g/mol. The molecule has 0 saturated carbocycles. The fourth-order valence-corrected chi connectivity index (χ4v) is 1.64. The van der Waals surface area contributed by atoms with Crippen LogP contribution in [0.3, 0.4) is 0 Å². The van der Waals surface area contributed by atoms with Gasteiger partial charge in [-0.25, -0.2) is 0 Å². The van der Waals surface area contributed by atoms with Crippen LogP contribution in [0.15, 0.2) is 24.3 Å². The first-order valence-corrected chi connectivity index (χ1v) is 5.83. The van der Waals surface area contributed by atoms with Gasteiger partial charge in [-0.1, -0.05) is 18.2 Å². The van der Waals surface area contributed by atoms with Crippen molar-refractivity contribution in [1.82, 2.24) is 10.2 Å². The third-order valence-corrected chi connectivity index (χ3v) is 2.79. The van der Waals surface area contributed by atoms with Gasteiger partial charge in [0.2, 0.25) is 5.91 Å². The largest absolute Gasteiger partial charge is 0.416 e. The number of nitrogens with zero attached hydrogens (tertiary/aromatic N) is 1. The van der Waals surface area contributed by atoms with Gasteiger partial charge in [0.25, 0.3) is 0 Å². The lowest BCUT2D eigenvalue weighted by Gasteiger charge is -2.20. The standard InChI is InChI=1S/C13H17F3N2O/c1-9(17-8-12(19)18(2)3)10-6-4-5-7-11(10)13(14,15)16/h4-7,9,17H,8H2,1-3H3. The number of nitrogens with one attached hydrogen (secondary N) is 1. The predicted octanol–water partition coefficient (Wildman–Crippen LogP) is 2.44. The van der Waals surface area contributed by atoms with Gasteiger partial charge in [-0.15, -0.1) is 0 Å². The number of alkyl halides is 3. The Morgan fingerprint density at radius 1 is 1.32 bits per heavy atom. The number of rotatable bonds is 4. The molecule has 0 saturated heterocycles. The molecule has 1 unspecified atom stereocenters. The second-order valence-corrected chi connectivity index (χ2v) is 4.48. The van der Waals surface area contributed by atoms with E-state index in [4.69, 9.17) is 0 Å². The van der Waals surface area contributed by atoms with E-state index in [2.05, 4.69) is 5.32 Å². The van der Waals surface area contributed by atoms with E-state index in [9.17, 15) is 18.0 Å². The summed E-state index contributed by atoms with van der Waals surface area (Å²) in [7, 11) is 3.19. The lowest BCUT2D eigenvalue weighted by molar-refractivity contribution is -0.138. The van der Waals surface area contributed by atoms with Crippen LogP contribution in [0.5, 0.6) is 0 Å². The molecule has 1 amide bonds. The summed E-state index contributed by atoms with van der Waals surface area (Å²) < 4.78 is 38.5. The minimum absolute atomic E-state index is 0.000355. The van der Waals surface area contributed by atoms with E-state index in [0.717, 1.165) is 6.07 Å². The number of carbonyl (C=O) groups excluding carboxylic acids is 1. The maximum Gasteiger partial charge on any atom is 0.416 e. The summed E-state index contributed by atoms with van der Waals surface area (Å²) in [6, 6.07) is 4.81. The van der Waals surface area contributed by atoms with E-state index in [0.29, 0.717) is 0 Å². The highest BCUT2D eigenvalue weighted by Crippen LogP contribution is 2.34. The fraction of sp³-hybridized carbons (Fsp3) is 0.462. The lowest BCUT2D eigenvalue weighted by atomic mass is 10.0. The summed E-state index contributed by atoms with van der Waals surface area (Å²) in [5.74, 6) is -0.184. The molecule has 0 radical (unpaired) electrons. The van der Waals surface area contributed by atoms with Crippen molar-refractivity contribution in [2.45, 2.75) is 19.1 Å². The smallest absolute Gasteiger partial charge is 0.348 e. The molecule has 1 aromatic carbocycles. The van der Waals surface area contributed by atoms with Gasteiger partial charge in [0.1, 0.15) is 0 Å². The summed E-state index contributed by atoms with van der Waals surface area (Å²) in [6.07, 6.45) is -4.39. The molecular formula is C13H17F3N2O. The zero-order valence-electron chi connectivity index (χ0n) is 11.1. The molecule has 0 spiro atoms. The Morgan fingerprint density at radius 3 is 2.42 bits per heavy atom. The number of halogens is 3. The number of hydrogen-bond donors (Lipinski definition) is 1. The molecule has 0 aromatic heterocycles. The van der Waals surface area contributed by atoms with Crippen molar-refractivity contribution in [3.8, 4) is 0 Å². The van der Waals surface area contributed by atoms with Crippen LogP contribution in [0.4, 0.5) is 13.2 Å². The number of benzene rings is 1. The van der Waals surface area contributed by atoms with Crippen LogP contribution in [0, 0.1) is 0 Å². The molecule has 1 atom stereocenters. The maximum atomic E-state index is 12.8. The molecular weight excluding hydrogens is 257 g/mol. The van der Waals surface area contributed by atoms with Gasteiger partial charge in [0.05, 0.1) is 12.1 Å². The summed E-state index contributed by atoms with van der Waals surface area (Å²) >= 11 is 0. The van der Waals surface area contributed by atoms with Crippen LogP contribution in [0.1, 0.15) is 24.1 Å². The molecule has 19 heavy (non-hydrogen) atoms. The van der Waals surface area contributed by atoms with Crippen molar-refractivity contribution >= 4 is 5.91 Å². The van der Waals surface area contributed by atoms with E-state index in [1.807, 2.05) is 0 Å². The molecule has 0 heterocycles. The Labute approximate surface area is 110 Å². The van der Waals surface area contributed by atoms with E-state index < -0.39 is 17.8 Å². The first-order chi connectivity index (χ1) is 8.73. The Bertz CT molecular complexity index is 444. The van der Waals surface area contributed by atoms with Gasteiger partial charge in [0.15, 0.2) is 0 Å². The first kappa shape index (κ1) is 15.5. The van der Waals surface area contributed by atoms with Gasteiger partial charge in [-0.3, -0.25) is 4.79 Å².